The molecule has 0 bridgehead atoms. The monoisotopic (exact) mass is 548 g/mol. The third kappa shape index (κ3) is 5.24. The van der Waals surface area contributed by atoms with Crippen molar-refractivity contribution in [3.8, 4) is 17.0 Å². The zero-order valence-electron chi connectivity index (χ0n) is 22.6. The summed E-state index contributed by atoms with van der Waals surface area (Å²) in [7, 11) is 1.48. The van der Waals surface area contributed by atoms with Crippen LogP contribution in [0.5, 0.6) is 5.75 Å². The van der Waals surface area contributed by atoms with Crippen LogP contribution in [0.15, 0.2) is 48.5 Å². The lowest BCUT2D eigenvalue weighted by Crippen LogP contribution is -2.43. The first-order chi connectivity index (χ1) is 18.9. The van der Waals surface area contributed by atoms with Crippen LogP contribution in [0.25, 0.3) is 22.2 Å². The first kappa shape index (κ1) is 27.5. The number of pyridine rings is 1. The van der Waals surface area contributed by atoms with Crippen LogP contribution < -0.4 is 10.1 Å². The Bertz CT molecular complexity index is 1600. The summed E-state index contributed by atoms with van der Waals surface area (Å²) < 4.78 is 34.6. The van der Waals surface area contributed by atoms with Crippen LogP contribution in [0.1, 0.15) is 54.0 Å². The van der Waals surface area contributed by atoms with Crippen molar-refractivity contribution in [3.05, 3.63) is 82.7 Å². The number of carbonyl (C=O) groups is 1. The minimum atomic E-state index is -1.65. The van der Waals surface area contributed by atoms with Crippen molar-refractivity contribution >= 4 is 16.8 Å². The van der Waals surface area contributed by atoms with E-state index in [1.165, 1.54) is 51.3 Å². The molecule has 1 atom stereocenters. The summed E-state index contributed by atoms with van der Waals surface area (Å²) in [6.45, 7) is 4.44. The lowest BCUT2D eigenvalue weighted by molar-refractivity contribution is 0.00864. The van der Waals surface area contributed by atoms with E-state index in [9.17, 15) is 19.4 Å². The van der Waals surface area contributed by atoms with Crippen molar-refractivity contribution in [2.24, 2.45) is 5.92 Å². The summed E-state index contributed by atoms with van der Waals surface area (Å²) >= 11 is 0. The number of hydrogen-bond donors (Lipinski definition) is 3. The number of aliphatic hydroxyl groups is 2. The zero-order valence-corrected chi connectivity index (χ0v) is 22.6. The van der Waals surface area contributed by atoms with Gasteiger partial charge in [-0.25, -0.2) is 13.8 Å². The number of carbonyl (C=O) groups excluding carboxylic acids is 1. The maximum absolute atomic E-state index is 15.6. The fraction of sp³-hybridized carbons (Fsp3) is 0.333. The molecule has 10 heteroatoms. The smallest absolute Gasteiger partial charge is 0.251 e. The average molecular weight is 549 g/mol. The number of nitrogens with zero attached hydrogens (tertiary/aromatic N) is 3. The minimum Gasteiger partial charge on any atom is -0.494 e. The number of ether oxygens (including phenoxy) is 1. The van der Waals surface area contributed by atoms with Crippen molar-refractivity contribution in [1.82, 2.24) is 20.5 Å². The number of fused-ring (bicyclic) bond motifs is 1. The standard InChI is InChI=1S/C30H30F2N4O4/c1-16-11-18-12-19(13-23(40-4)26(18)36-35-16)28(37)33-15-30(39,20-7-8-20)24-14-22(29(2,3)38)25(32)27(34-24)17-5-9-21(31)10-6-17/h5-6,9-14,20,38-39H,7-8,15H2,1-4H3,(H,33,37). The fourth-order valence-electron chi connectivity index (χ4n) is 4.83. The molecule has 40 heavy (non-hydrogen) atoms. The van der Waals surface area contributed by atoms with Gasteiger partial charge in [-0.3, -0.25) is 4.79 Å². The highest BCUT2D eigenvalue weighted by Crippen LogP contribution is 2.46. The van der Waals surface area contributed by atoms with Crippen molar-refractivity contribution in [2.45, 2.75) is 44.8 Å². The van der Waals surface area contributed by atoms with Gasteiger partial charge in [0.15, 0.2) is 5.82 Å². The van der Waals surface area contributed by atoms with Gasteiger partial charge in [0.1, 0.15) is 28.4 Å². The molecule has 2 heterocycles. The SMILES string of the molecule is COc1cc(C(=O)NCC(O)(c2cc(C(C)(C)O)c(F)c(-c3ccc(F)cc3)n2)C2CC2)cc2cc(C)nnc12. The number of rotatable bonds is 8. The second-order valence-corrected chi connectivity index (χ2v) is 10.8. The largest absolute Gasteiger partial charge is 0.494 e. The predicted octanol–water partition coefficient (Wildman–Crippen LogP) is 4.54. The lowest BCUT2D eigenvalue weighted by Gasteiger charge is -2.30. The fourth-order valence-corrected chi connectivity index (χ4v) is 4.83. The van der Waals surface area contributed by atoms with Crippen molar-refractivity contribution in [1.29, 1.82) is 0 Å². The molecule has 2 aromatic heterocycles. The molecule has 5 rings (SSSR count). The van der Waals surface area contributed by atoms with E-state index in [-0.39, 0.29) is 35.0 Å². The summed E-state index contributed by atoms with van der Waals surface area (Å²) in [6.07, 6.45) is 1.35. The minimum absolute atomic E-state index is 0.0713. The Kier molecular flexibility index (Phi) is 7.01. The summed E-state index contributed by atoms with van der Waals surface area (Å²) in [4.78, 5) is 17.8. The molecule has 0 aliphatic heterocycles. The van der Waals surface area contributed by atoms with Crippen molar-refractivity contribution < 1.29 is 28.5 Å². The van der Waals surface area contributed by atoms with Gasteiger partial charge in [-0.15, -0.1) is 5.10 Å². The Balaban J connectivity index is 1.52. The van der Waals surface area contributed by atoms with Gasteiger partial charge < -0.3 is 20.3 Å². The molecule has 208 valence electrons. The molecule has 1 amide bonds. The zero-order chi connectivity index (χ0) is 28.8. The van der Waals surface area contributed by atoms with Gasteiger partial charge in [-0.1, -0.05) is 0 Å². The van der Waals surface area contributed by atoms with Gasteiger partial charge in [-0.05, 0) is 88.1 Å². The van der Waals surface area contributed by atoms with E-state index in [2.05, 4.69) is 20.5 Å². The van der Waals surface area contributed by atoms with Gasteiger partial charge in [0, 0.05) is 22.1 Å². The average Bonchev–Trinajstić information content (AvgIpc) is 3.77. The second kappa shape index (κ2) is 10.2. The molecule has 1 fully saturated rings. The molecule has 3 N–H and O–H groups in total. The molecule has 2 aromatic carbocycles. The molecule has 1 aliphatic rings. The quantitative estimate of drug-likeness (QED) is 0.296. The number of aryl methyl sites for hydroxylation is 1. The molecule has 1 unspecified atom stereocenters. The molecular weight excluding hydrogens is 518 g/mol. The highest BCUT2D eigenvalue weighted by atomic mass is 19.1. The summed E-state index contributed by atoms with van der Waals surface area (Å²) in [6, 6.07) is 11.5. The van der Waals surface area contributed by atoms with E-state index in [1.807, 2.05) is 0 Å². The highest BCUT2D eigenvalue weighted by Gasteiger charge is 2.47. The maximum Gasteiger partial charge on any atom is 0.251 e. The number of aromatic nitrogens is 3. The molecule has 0 saturated heterocycles. The summed E-state index contributed by atoms with van der Waals surface area (Å²) in [5, 5.41) is 34.4. The first-order valence-electron chi connectivity index (χ1n) is 12.9. The van der Waals surface area contributed by atoms with E-state index in [0.717, 1.165) is 0 Å². The molecule has 1 aliphatic carbocycles. The van der Waals surface area contributed by atoms with Crippen LogP contribution in [-0.4, -0.2) is 45.0 Å². The van der Waals surface area contributed by atoms with Crippen LogP contribution in [-0.2, 0) is 11.2 Å². The van der Waals surface area contributed by atoms with E-state index in [1.54, 1.807) is 25.1 Å². The number of hydrogen-bond acceptors (Lipinski definition) is 7. The van der Waals surface area contributed by atoms with E-state index >= 15 is 4.39 Å². The summed E-state index contributed by atoms with van der Waals surface area (Å²) in [5.74, 6) is -1.59. The van der Waals surface area contributed by atoms with Gasteiger partial charge in [0.2, 0.25) is 0 Å². The Morgan fingerprint density at radius 2 is 1.77 bits per heavy atom. The van der Waals surface area contributed by atoms with E-state index in [0.29, 0.717) is 40.8 Å². The summed E-state index contributed by atoms with van der Waals surface area (Å²) in [5.41, 5.74) is -1.57. The molecule has 1 saturated carbocycles. The molecule has 8 nitrogen and oxygen atoms in total. The second-order valence-electron chi connectivity index (χ2n) is 10.8. The number of nitrogens with one attached hydrogen (secondary N) is 1. The predicted molar refractivity (Wildman–Crippen MR) is 145 cm³/mol. The number of benzene rings is 2. The van der Waals surface area contributed by atoms with Crippen LogP contribution in [0.2, 0.25) is 0 Å². The number of methoxy groups -OCH3 is 1. The van der Waals surface area contributed by atoms with E-state index < -0.39 is 28.7 Å². The van der Waals surface area contributed by atoms with Crippen molar-refractivity contribution in [3.63, 3.8) is 0 Å². The topological polar surface area (TPSA) is 117 Å². The Labute approximate surface area is 230 Å². The van der Waals surface area contributed by atoms with Gasteiger partial charge in [-0.2, -0.15) is 5.10 Å². The molecule has 0 radical (unpaired) electrons. The van der Waals surface area contributed by atoms with Crippen LogP contribution in [0.3, 0.4) is 0 Å². The maximum atomic E-state index is 15.6. The molecular formula is C30H30F2N4O4. The van der Waals surface area contributed by atoms with Gasteiger partial charge in [0.05, 0.1) is 30.6 Å². The normalized spacial score (nSPS) is 15.1. The first-order valence-corrected chi connectivity index (χ1v) is 12.9. The van der Waals surface area contributed by atoms with E-state index in [4.69, 9.17) is 4.74 Å². The number of amides is 1. The van der Waals surface area contributed by atoms with Gasteiger partial charge in [0.25, 0.3) is 5.91 Å². The highest BCUT2D eigenvalue weighted by molar-refractivity contribution is 5.99. The van der Waals surface area contributed by atoms with Crippen molar-refractivity contribution in [2.75, 3.05) is 13.7 Å². The Hall–Kier alpha value is -4.02. The lowest BCUT2D eigenvalue weighted by atomic mass is 9.87. The molecule has 0 spiro atoms. The molecule has 4 aromatic rings. The Morgan fingerprint density at radius 1 is 1.07 bits per heavy atom. The van der Waals surface area contributed by atoms with Gasteiger partial charge >= 0.3 is 0 Å². The third-order valence-corrected chi connectivity index (χ3v) is 7.21. The third-order valence-electron chi connectivity index (χ3n) is 7.21. The van der Waals surface area contributed by atoms with Crippen LogP contribution in [0, 0.1) is 24.5 Å². The van der Waals surface area contributed by atoms with Crippen LogP contribution in [0.4, 0.5) is 8.78 Å². The Morgan fingerprint density at radius 3 is 2.40 bits per heavy atom. The van der Waals surface area contributed by atoms with Crippen LogP contribution >= 0.6 is 0 Å². The number of halogens is 2.